The highest BCUT2D eigenvalue weighted by Gasteiger charge is 2.23. The summed E-state index contributed by atoms with van der Waals surface area (Å²) in [6.07, 6.45) is 2.88. The summed E-state index contributed by atoms with van der Waals surface area (Å²) in [7, 11) is 1.42. The van der Waals surface area contributed by atoms with Crippen LogP contribution in [0.5, 0.6) is 0 Å². The second-order valence-corrected chi connectivity index (χ2v) is 3.16. The third-order valence-electron chi connectivity index (χ3n) is 2.03. The average Bonchev–Trinajstić information content (AvgIpc) is 2.50. The zero-order valence-corrected chi connectivity index (χ0v) is 7.83. The number of ether oxygens (including phenoxy) is 1. The number of carbonyl (C=O) groups is 1. The van der Waals surface area contributed by atoms with Gasteiger partial charge in [0.2, 0.25) is 0 Å². The van der Waals surface area contributed by atoms with Crippen LogP contribution in [0.1, 0.15) is 20.3 Å². The van der Waals surface area contributed by atoms with Crippen LogP contribution in [0.3, 0.4) is 0 Å². The van der Waals surface area contributed by atoms with Crippen molar-refractivity contribution in [3.8, 4) is 0 Å². The lowest BCUT2D eigenvalue weighted by atomic mass is 10.3. The number of rotatable bonds is 2. The van der Waals surface area contributed by atoms with Crippen LogP contribution in [0.4, 0.5) is 0 Å². The molecule has 0 aromatic carbocycles. The highest BCUT2D eigenvalue weighted by Crippen LogP contribution is 2.18. The van der Waals surface area contributed by atoms with Crippen LogP contribution in [0, 0.1) is 0 Å². The van der Waals surface area contributed by atoms with Crippen LogP contribution in [0.25, 0.3) is 0 Å². The van der Waals surface area contributed by atoms with Gasteiger partial charge in [-0.2, -0.15) is 0 Å². The van der Waals surface area contributed by atoms with E-state index in [0.717, 1.165) is 13.0 Å². The summed E-state index contributed by atoms with van der Waals surface area (Å²) in [5.74, 6) is -0.221. The Balaban J connectivity index is 2.69. The van der Waals surface area contributed by atoms with Gasteiger partial charge < -0.3 is 9.64 Å². The Labute approximate surface area is 73.0 Å². The Kier molecular flexibility index (Phi) is 2.74. The Morgan fingerprint density at radius 2 is 2.33 bits per heavy atom. The van der Waals surface area contributed by atoms with Gasteiger partial charge in [-0.05, 0) is 20.3 Å². The molecule has 0 spiro atoms. The molecule has 0 amide bonds. The van der Waals surface area contributed by atoms with Gasteiger partial charge in [0.1, 0.15) is 5.70 Å². The van der Waals surface area contributed by atoms with Crippen molar-refractivity contribution in [1.82, 2.24) is 4.90 Å². The van der Waals surface area contributed by atoms with E-state index in [1.807, 2.05) is 6.08 Å². The number of nitrogens with zero attached hydrogens (tertiary/aromatic N) is 1. The van der Waals surface area contributed by atoms with Crippen molar-refractivity contribution >= 4 is 5.97 Å². The molecule has 0 fully saturated rings. The van der Waals surface area contributed by atoms with Crippen molar-refractivity contribution in [3.05, 3.63) is 11.8 Å². The zero-order valence-electron chi connectivity index (χ0n) is 7.83. The minimum Gasteiger partial charge on any atom is -0.464 e. The normalized spacial score (nSPS) is 16.7. The molecule has 1 aliphatic heterocycles. The molecule has 0 aromatic heterocycles. The second-order valence-electron chi connectivity index (χ2n) is 3.16. The van der Waals surface area contributed by atoms with Gasteiger partial charge >= 0.3 is 5.97 Å². The number of hydrogen-bond acceptors (Lipinski definition) is 3. The molecule has 0 saturated carbocycles. The van der Waals surface area contributed by atoms with Gasteiger partial charge in [0.25, 0.3) is 0 Å². The molecular formula is C9H15NO2. The van der Waals surface area contributed by atoms with E-state index in [1.54, 1.807) is 0 Å². The molecular weight excluding hydrogens is 154 g/mol. The van der Waals surface area contributed by atoms with E-state index in [4.69, 9.17) is 0 Å². The van der Waals surface area contributed by atoms with Gasteiger partial charge in [-0.3, -0.25) is 0 Å². The highest BCUT2D eigenvalue weighted by atomic mass is 16.5. The standard InChI is InChI=1S/C9H15NO2/c1-7(2)10-6-4-5-8(10)9(11)12-3/h5,7H,4,6H2,1-3H3. The van der Waals surface area contributed by atoms with Crippen LogP contribution in [-0.2, 0) is 9.53 Å². The van der Waals surface area contributed by atoms with Crippen LogP contribution < -0.4 is 0 Å². The largest absolute Gasteiger partial charge is 0.464 e. The van der Waals surface area contributed by atoms with Crippen LogP contribution in [0.2, 0.25) is 0 Å². The lowest BCUT2D eigenvalue weighted by Crippen LogP contribution is -2.31. The molecule has 0 saturated heterocycles. The number of carbonyl (C=O) groups excluding carboxylic acids is 1. The maximum Gasteiger partial charge on any atom is 0.353 e. The van der Waals surface area contributed by atoms with Crippen LogP contribution >= 0.6 is 0 Å². The van der Waals surface area contributed by atoms with Gasteiger partial charge in [-0.15, -0.1) is 0 Å². The predicted molar refractivity (Wildman–Crippen MR) is 46.6 cm³/mol. The first-order valence-corrected chi connectivity index (χ1v) is 4.22. The fourth-order valence-corrected chi connectivity index (χ4v) is 1.42. The minimum absolute atomic E-state index is 0.221. The van der Waals surface area contributed by atoms with Gasteiger partial charge in [-0.1, -0.05) is 6.08 Å². The number of methoxy groups -OCH3 is 1. The SMILES string of the molecule is COC(=O)C1=CCCN1C(C)C. The van der Waals surface area contributed by atoms with Crippen molar-refractivity contribution < 1.29 is 9.53 Å². The first-order chi connectivity index (χ1) is 5.66. The molecule has 68 valence electrons. The third kappa shape index (κ3) is 1.60. The maximum atomic E-state index is 11.2. The van der Waals surface area contributed by atoms with Gasteiger partial charge in [-0.25, -0.2) is 4.79 Å². The van der Waals surface area contributed by atoms with E-state index in [-0.39, 0.29) is 5.97 Å². The van der Waals surface area contributed by atoms with E-state index < -0.39 is 0 Å². The molecule has 0 aromatic rings. The Morgan fingerprint density at radius 1 is 1.67 bits per heavy atom. The molecule has 1 rings (SSSR count). The first-order valence-electron chi connectivity index (χ1n) is 4.22. The van der Waals surface area contributed by atoms with Crippen molar-refractivity contribution in [1.29, 1.82) is 0 Å². The van der Waals surface area contributed by atoms with Gasteiger partial charge in [0.15, 0.2) is 0 Å². The minimum atomic E-state index is -0.221. The maximum absolute atomic E-state index is 11.2. The Hall–Kier alpha value is -0.990. The summed E-state index contributed by atoms with van der Waals surface area (Å²) < 4.78 is 4.67. The number of hydrogen-bond donors (Lipinski definition) is 0. The predicted octanol–water partition coefficient (Wildman–Crippen LogP) is 1.16. The smallest absolute Gasteiger partial charge is 0.353 e. The monoisotopic (exact) mass is 169 g/mol. The summed E-state index contributed by atoms with van der Waals surface area (Å²) in [6.45, 7) is 5.08. The molecule has 3 heteroatoms. The van der Waals surface area contributed by atoms with Gasteiger partial charge in [0.05, 0.1) is 7.11 Å². The molecule has 0 radical (unpaired) electrons. The van der Waals surface area contributed by atoms with E-state index in [9.17, 15) is 4.79 Å². The Morgan fingerprint density at radius 3 is 2.83 bits per heavy atom. The highest BCUT2D eigenvalue weighted by molar-refractivity contribution is 5.88. The number of esters is 1. The molecule has 3 nitrogen and oxygen atoms in total. The fraction of sp³-hybridized carbons (Fsp3) is 0.667. The average molecular weight is 169 g/mol. The first kappa shape index (κ1) is 9.10. The molecule has 1 heterocycles. The molecule has 0 N–H and O–H groups in total. The summed E-state index contributed by atoms with van der Waals surface area (Å²) in [5, 5.41) is 0. The van der Waals surface area contributed by atoms with E-state index >= 15 is 0 Å². The molecule has 0 aliphatic carbocycles. The van der Waals surface area contributed by atoms with E-state index in [1.165, 1.54) is 7.11 Å². The summed E-state index contributed by atoms with van der Waals surface area (Å²) >= 11 is 0. The van der Waals surface area contributed by atoms with E-state index in [0.29, 0.717) is 11.7 Å². The molecule has 0 atom stereocenters. The topological polar surface area (TPSA) is 29.5 Å². The fourth-order valence-electron chi connectivity index (χ4n) is 1.42. The summed E-state index contributed by atoms with van der Waals surface area (Å²) in [4.78, 5) is 13.3. The van der Waals surface area contributed by atoms with Gasteiger partial charge in [0, 0.05) is 12.6 Å². The zero-order chi connectivity index (χ0) is 9.14. The van der Waals surface area contributed by atoms with Crippen LogP contribution in [-0.4, -0.2) is 30.6 Å². The Bertz CT molecular complexity index is 209. The quantitative estimate of drug-likeness (QED) is 0.581. The lowest BCUT2D eigenvalue weighted by Gasteiger charge is -2.24. The van der Waals surface area contributed by atoms with Crippen molar-refractivity contribution in [2.24, 2.45) is 0 Å². The summed E-state index contributed by atoms with van der Waals surface area (Å²) in [5.41, 5.74) is 0.715. The third-order valence-corrected chi connectivity index (χ3v) is 2.03. The molecule has 1 aliphatic rings. The van der Waals surface area contributed by atoms with Crippen molar-refractivity contribution in [3.63, 3.8) is 0 Å². The molecule has 0 unspecified atom stereocenters. The van der Waals surface area contributed by atoms with Crippen molar-refractivity contribution in [2.45, 2.75) is 26.3 Å². The molecule has 0 bridgehead atoms. The van der Waals surface area contributed by atoms with Crippen molar-refractivity contribution in [2.75, 3.05) is 13.7 Å². The second kappa shape index (κ2) is 3.61. The van der Waals surface area contributed by atoms with Crippen LogP contribution in [0.15, 0.2) is 11.8 Å². The summed E-state index contributed by atoms with van der Waals surface area (Å²) in [6, 6.07) is 0.373. The molecule has 12 heavy (non-hydrogen) atoms. The lowest BCUT2D eigenvalue weighted by molar-refractivity contribution is -0.138. The van der Waals surface area contributed by atoms with E-state index in [2.05, 4.69) is 23.5 Å².